The lowest BCUT2D eigenvalue weighted by atomic mass is 10.1. The van der Waals surface area contributed by atoms with E-state index in [4.69, 9.17) is 11.6 Å². The first-order valence-corrected chi connectivity index (χ1v) is 6.75. The fourth-order valence-electron chi connectivity index (χ4n) is 1.94. The van der Waals surface area contributed by atoms with Crippen molar-refractivity contribution in [3.63, 3.8) is 0 Å². The van der Waals surface area contributed by atoms with Gasteiger partial charge in [0.15, 0.2) is 0 Å². The van der Waals surface area contributed by atoms with Gasteiger partial charge in [0, 0.05) is 18.2 Å². The van der Waals surface area contributed by atoms with Crippen molar-refractivity contribution in [3.05, 3.63) is 17.0 Å². The van der Waals surface area contributed by atoms with Crippen LogP contribution in [0.15, 0.2) is 6.33 Å². The summed E-state index contributed by atoms with van der Waals surface area (Å²) in [5.74, 6) is 1.00. The number of aromatic nitrogens is 2. The van der Waals surface area contributed by atoms with Crippen LogP contribution in [0.2, 0.25) is 5.15 Å². The Balaban J connectivity index is 3.12. The summed E-state index contributed by atoms with van der Waals surface area (Å²) in [4.78, 5) is 10.8. The Bertz CT molecular complexity index is 353. The van der Waals surface area contributed by atoms with Crippen LogP contribution in [0, 0.1) is 0 Å². The van der Waals surface area contributed by atoms with E-state index < -0.39 is 0 Å². The van der Waals surface area contributed by atoms with Gasteiger partial charge >= 0.3 is 0 Å². The molecular weight excluding hydrogens is 234 g/mol. The summed E-state index contributed by atoms with van der Waals surface area (Å²) in [6.45, 7) is 9.69. The normalized spacial score (nSPS) is 10.9. The largest absolute Gasteiger partial charge is 0.354 e. The minimum atomic E-state index is 0.427. The number of nitrogens with zero attached hydrogens (tertiary/aromatic N) is 3. The van der Waals surface area contributed by atoms with Gasteiger partial charge in [-0.05, 0) is 26.7 Å². The van der Waals surface area contributed by atoms with Crippen LogP contribution in [-0.4, -0.2) is 22.6 Å². The van der Waals surface area contributed by atoms with Crippen molar-refractivity contribution >= 4 is 17.4 Å². The summed E-state index contributed by atoms with van der Waals surface area (Å²) < 4.78 is 0. The van der Waals surface area contributed by atoms with E-state index in [9.17, 15) is 0 Å². The van der Waals surface area contributed by atoms with Gasteiger partial charge in [0.25, 0.3) is 0 Å². The number of rotatable bonds is 6. The van der Waals surface area contributed by atoms with E-state index in [0.717, 1.165) is 37.2 Å². The Hall–Kier alpha value is -0.830. The molecule has 0 aliphatic heterocycles. The Morgan fingerprint density at radius 1 is 1.24 bits per heavy atom. The fourth-order valence-corrected chi connectivity index (χ4v) is 2.17. The maximum atomic E-state index is 6.18. The second-order valence-electron chi connectivity index (χ2n) is 4.50. The summed E-state index contributed by atoms with van der Waals surface area (Å²) in [7, 11) is 0. The molecule has 1 rings (SSSR count). The van der Waals surface area contributed by atoms with Gasteiger partial charge in [-0.3, -0.25) is 0 Å². The van der Waals surface area contributed by atoms with Crippen LogP contribution in [0.1, 0.15) is 46.1 Å². The summed E-state index contributed by atoms with van der Waals surface area (Å²) in [6, 6.07) is 0.427. The van der Waals surface area contributed by atoms with Crippen LogP contribution < -0.4 is 4.90 Å². The van der Waals surface area contributed by atoms with Crippen molar-refractivity contribution in [3.8, 4) is 0 Å². The first kappa shape index (κ1) is 14.2. The topological polar surface area (TPSA) is 29.0 Å². The van der Waals surface area contributed by atoms with Crippen molar-refractivity contribution in [2.45, 2.75) is 53.0 Å². The highest BCUT2D eigenvalue weighted by molar-refractivity contribution is 6.30. The standard InChI is InChI=1S/C13H22ClN3/c1-5-7-11-12(14)15-9-16-13(11)17(8-6-2)10(3)4/h9-10H,5-8H2,1-4H3. The molecule has 4 heteroatoms. The van der Waals surface area contributed by atoms with Crippen LogP contribution in [-0.2, 0) is 6.42 Å². The lowest BCUT2D eigenvalue weighted by Gasteiger charge is -2.29. The molecule has 0 saturated heterocycles. The molecule has 1 heterocycles. The second kappa shape index (κ2) is 6.80. The molecule has 1 aromatic heterocycles. The van der Waals surface area contributed by atoms with Crippen molar-refractivity contribution in [2.24, 2.45) is 0 Å². The third-order valence-corrected chi connectivity index (χ3v) is 3.06. The van der Waals surface area contributed by atoms with Gasteiger partial charge < -0.3 is 4.90 Å². The minimum absolute atomic E-state index is 0.427. The predicted molar refractivity (Wildman–Crippen MR) is 73.8 cm³/mol. The van der Waals surface area contributed by atoms with E-state index in [1.165, 1.54) is 0 Å². The summed E-state index contributed by atoms with van der Waals surface area (Å²) in [6.07, 6.45) is 4.65. The molecule has 1 aromatic rings. The third kappa shape index (κ3) is 3.56. The summed E-state index contributed by atoms with van der Waals surface area (Å²) in [5.41, 5.74) is 1.08. The molecule has 0 aliphatic carbocycles. The van der Waals surface area contributed by atoms with Gasteiger partial charge in [0.1, 0.15) is 17.3 Å². The van der Waals surface area contributed by atoms with Gasteiger partial charge in [0.05, 0.1) is 0 Å². The molecule has 0 N–H and O–H groups in total. The van der Waals surface area contributed by atoms with Crippen molar-refractivity contribution in [1.82, 2.24) is 9.97 Å². The lowest BCUT2D eigenvalue weighted by Crippen LogP contribution is -2.33. The molecular formula is C13H22ClN3. The van der Waals surface area contributed by atoms with Crippen LogP contribution in [0.4, 0.5) is 5.82 Å². The second-order valence-corrected chi connectivity index (χ2v) is 4.86. The Labute approximate surface area is 109 Å². The first-order chi connectivity index (χ1) is 8.11. The molecule has 0 radical (unpaired) electrons. The highest BCUT2D eigenvalue weighted by Gasteiger charge is 2.17. The number of hydrogen-bond acceptors (Lipinski definition) is 3. The molecule has 0 amide bonds. The van der Waals surface area contributed by atoms with E-state index in [2.05, 4.69) is 42.6 Å². The first-order valence-electron chi connectivity index (χ1n) is 6.37. The zero-order valence-corrected chi connectivity index (χ0v) is 12.0. The van der Waals surface area contributed by atoms with Gasteiger partial charge in [-0.15, -0.1) is 0 Å². The molecule has 0 atom stereocenters. The molecule has 96 valence electrons. The van der Waals surface area contributed by atoms with Gasteiger partial charge in [-0.1, -0.05) is 31.9 Å². The van der Waals surface area contributed by atoms with Crippen LogP contribution in [0.25, 0.3) is 0 Å². The zero-order valence-electron chi connectivity index (χ0n) is 11.2. The Kier molecular flexibility index (Phi) is 5.69. The SMILES string of the molecule is CCCc1c(Cl)ncnc1N(CCC)C(C)C. The smallest absolute Gasteiger partial charge is 0.137 e. The molecule has 0 unspecified atom stereocenters. The van der Waals surface area contributed by atoms with E-state index >= 15 is 0 Å². The average molecular weight is 256 g/mol. The highest BCUT2D eigenvalue weighted by Crippen LogP contribution is 2.26. The summed E-state index contributed by atoms with van der Waals surface area (Å²) >= 11 is 6.18. The third-order valence-electron chi connectivity index (χ3n) is 2.73. The predicted octanol–water partition coefficient (Wildman–Crippen LogP) is 3.71. The van der Waals surface area contributed by atoms with Crippen LogP contribution >= 0.6 is 11.6 Å². The molecule has 0 aromatic carbocycles. The molecule has 0 aliphatic rings. The van der Waals surface area contributed by atoms with Crippen molar-refractivity contribution in [2.75, 3.05) is 11.4 Å². The minimum Gasteiger partial charge on any atom is -0.354 e. The average Bonchev–Trinajstić information content (AvgIpc) is 2.29. The number of hydrogen-bond donors (Lipinski definition) is 0. The number of halogens is 1. The van der Waals surface area contributed by atoms with Crippen molar-refractivity contribution < 1.29 is 0 Å². The quantitative estimate of drug-likeness (QED) is 0.726. The molecule has 0 spiro atoms. The molecule has 3 nitrogen and oxygen atoms in total. The maximum Gasteiger partial charge on any atom is 0.137 e. The fraction of sp³-hybridized carbons (Fsp3) is 0.692. The van der Waals surface area contributed by atoms with E-state index in [0.29, 0.717) is 11.2 Å². The molecule has 0 saturated carbocycles. The Morgan fingerprint density at radius 3 is 2.47 bits per heavy atom. The maximum absolute atomic E-state index is 6.18. The Morgan fingerprint density at radius 2 is 1.94 bits per heavy atom. The zero-order chi connectivity index (χ0) is 12.8. The van der Waals surface area contributed by atoms with Gasteiger partial charge in [0.2, 0.25) is 0 Å². The van der Waals surface area contributed by atoms with Crippen LogP contribution in [0.3, 0.4) is 0 Å². The monoisotopic (exact) mass is 255 g/mol. The lowest BCUT2D eigenvalue weighted by molar-refractivity contribution is 0.655. The molecule has 17 heavy (non-hydrogen) atoms. The molecule has 0 bridgehead atoms. The van der Waals surface area contributed by atoms with E-state index in [-0.39, 0.29) is 0 Å². The number of anilines is 1. The van der Waals surface area contributed by atoms with E-state index in [1.807, 2.05) is 0 Å². The van der Waals surface area contributed by atoms with Gasteiger partial charge in [-0.2, -0.15) is 0 Å². The van der Waals surface area contributed by atoms with Crippen LogP contribution in [0.5, 0.6) is 0 Å². The summed E-state index contributed by atoms with van der Waals surface area (Å²) in [5, 5.41) is 0.596. The highest BCUT2D eigenvalue weighted by atomic mass is 35.5. The molecule has 0 fully saturated rings. The van der Waals surface area contributed by atoms with Crippen molar-refractivity contribution in [1.29, 1.82) is 0 Å². The van der Waals surface area contributed by atoms with Gasteiger partial charge in [-0.25, -0.2) is 9.97 Å². The van der Waals surface area contributed by atoms with E-state index in [1.54, 1.807) is 6.33 Å².